The quantitative estimate of drug-likeness (QED) is 0.0476. The molecule has 3 nitrogen and oxygen atoms in total. The molecule has 1 aliphatic rings. The fraction of sp³-hybridized carbons (Fsp3) is 0.581. The van der Waals surface area contributed by atoms with Crippen molar-refractivity contribution in [1.29, 1.82) is 5.26 Å². The Kier molecular flexibility index (Phi) is 25.4. The Morgan fingerprint density at radius 3 is 1.32 bits per heavy atom. The van der Waals surface area contributed by atoms with E-state index in [-0.39, 0.29) is 0 Å². The smallest absolute Gasteiger partial charge is 0.199 e. The molecule has 65 heavy (non-hydrogen) atoms. The summed E-state index contributed by atoms with van der Waals surface area (Å²) in [5.74, 6) is 0. The van der Waals surface area contributed by atoms with Crippen LogP contribution >= 0.6 is 0 Å². The Balaban J connectivity index is 1.56. The molecule has 0 amide bonds. The standard InChI is InChI=1S/C62H92N3/c1-9-13-17-21-25-29-41-64(42-30-26-22-18-14-10-2)58-37-33-54(34-38-58)56-45-50(5)61(51(6)46-56)60(49-63)62-52(7)47-57(48-53(62)8)55-35-39-59(40-36-55)65(43-31-27-23-19-15-11-3)44-32-28-24-20-16-12-4/h33-40,45-48H,9-32,41-44H2,1-8H3/q+1. The summed E-state index contributed by atoms with van der Waals surface area (Å²) < 4.78 is 2.64. The van der Waals surface area contributed by atoms with Crippen LogP contribution in [0.3, 0.4) is 0 Å². The zero-order chi connectivity index (χ0) is 46.7. The molecule has 0 atom stereocenters. The molecule has 3 heteroatoms. The molecular formula is C62H92N3+. The van der Waals surface area contributed by atoms with E-state index < -0.39 is 0 Å². The van der Waals surface area contributed by atoms with E-state index in [0.717, 1.165) is 64.8 Å². The van der Waals surface area contributed by atoms with Crippen LogP contribution in [0.1, 0.15) is 210 Å². The molecule has 354 valence electrons. The van der Waals surface area contributed by atoms with Crippen LogP contribution < -0.4 is 15.3 Å². The van der Waals surface area contributed by atoms with Gasteiger partial charge in [-0.05, 0) is 133 Å². The van der Waals surface area contributed by atoms with Crippen molar-refractivity contribution in [3.63, 3.8) is 0 Å². The van der Waals surface area contributed by atoms with E-state index in [1.165, 1.54) is 187 Å². The third-order valence-electron chi connectivity index (χ3n) is 13.9. The molecule has 0 aliphatic heterocycles. The Hall–Kier alpha value is -4.16. The van der Waals surface area contributed by atoms with Gasteiger partial charge in [0.05, 0.1) is 5.57 Å². The van der Waals surface area contributed by atoms with Crippen LogP contribution in [0.2, 0.25) is 0 Å². The highest BCUT2D eigenvalue weighted by molar-refractivity contribution is 6.05. The number of hydrogen-bond acceptors (Lipinski definition) is 2. The van der Waals surface area contributed by atoms with E-state index in [1.807, 2.05) is 0 Å². The third-order valence-corrected chi connectivity index (χ3v) is 13.9. The lowest BCUT2D eigenvalue weighted by atomic mass is 9.88. The monoisotopic (exact) mass is 879 g/mol. The van der Waals surface area contributed by atoms with E-state index >= 15 is 0 Å². The second kappa shape index (κ2) is 30.9. The summed E-state index contributed by atoms with van der Waals surface area (Å²) in [5.41, 5.74) is 12.8. The molecule has 0 heterocycles. The molecule has 0 spiro atoms. The minimum atomic E-state index is 0.777. The van der Waals surface area contributed by atoms with E-state index in [1.54, 1.807) is 0 Å². The Labute approximate surface area is 399 Å². The number of benzene rings is 3. The highest BCUT2D eigenvalue weighted by Gasteiger charge is 2.17. The van der Waals surface area contributed by atoms with Gasteiger partial charge in [0, 0.05) is 43.8 Å². The van der Waals surface area contributed by atoms with Gasteiger partial charge in [0.1, 0.15) is 19.2 Å². The second-order valence-corrected chi connectivity index (χ2v) is 19.6. The van der Waals surface area contributed by atoms with Crippen molar-refractivity contribution in [3.05, 3.63) is 111 Å². The Bertz CT molecular complexity index is 2020. The molecule has 0 N–H and O–H groups in total. The highest BCUT2D eigenvalue weighted by Crippen LogP contribution is 2.31. The van der Waals surface area contributed by atoms with Crippen molar-refractivity contribution in [2.24, 2.45) is 0 Å². The van der Waals surface area contributed by atoms with Crippen molar-refractivity contribution >= 4 is 22.5 Å². The molecule has 3 aromatic rings. The maximum Gasteiger partial charge on any atom is 0.199 e. The molecule has 4 rings (SSSR count). The Morgan fingerprint density at radius 2 is 0.892 bits per heavy atom. The fourth-order valence-electron chi connectivity index (χ4n) is 10.1. The van der Waals surface area contributed by atoms with Gasteiger partial charge < -0.3 is 4.90 Å². The van der Waals surface area contributed by atoms with Crippen LogP contribution in [-0.4, -0.2) is 36.5 Å². The molecule has 0 saturated heterocycles. The normalized spacial score (nSPS) is 12.3. The summed E-state index contributed by atoms with van der Waals surface area (Å²) >= 11 is 0. The van der Waals surface area contributed by atoms with Gasteiger partial charge in [-0.2, -0.15) is 5.26 Å². The first-order valence-corrected chi connectivity index (χ1v) is 27.0. The van der Waals surface area contributed by atoms with Gasteiger partial charge >= 0.3 is 0 Å². The average Bonchev–Trinajstić information content (AvgIpc) is 3.31. The second-order valence-electron chi connectivity index (χ2n) is 19.6. The Morgan fingerprint density at radius 1 is 0.477 bits per heavy atom. The molecule has 0 bridgehead atoms. The van der Waals surface area contributed by atoms with Gasteiger partial charge in [-0.25, -0.2) is 4.58 Å². The lowest BCUT2D eigenvalue weighted by molar-refractivity contribution is -0.527. The molecule has 0 aromatic heterocycles. The first-order valence-electron chi connectivity index (χ1n) is 27.0. The first-order chi connectivity index (χ1) is 31.8. The predicted molar refractivity (Wildman–Crippen MR) is 287 cm³/mol. The number of aryl methyl sites for hydroxylation is 4. The van der Waals surface area contributed by atoms with Gasteiger partial charge in [0.2, 0.25) is 0 Å². The van der Waals surface area contributed by atoms with Crippen molar-refractivity contribution in [1.82, 2.24) is 0 Å². The van der Waals surface area contributed by atoms with Crippen LogP contribution in [0.25, 0.3) is 22.3 Å². The lowest BCUT2D eigenvalue weighted by Crippen LogP contribution is -2.25. The minimum Gasteiger partial charge on any atom is -0.372 e. The number of anilines is 1. The number of nitriles is 1. The molecule has 0 radical (unpaired) electrons. The summed E-state index contributed by atoms with van der Waals surface area (Å²) in [6.07, 6.45) is 41.2. The average molecular weight is 879 g/mol. The topological polar surface area (TPSA) is 30.0 Å². The van der Waals surface area contributed by atoms with Crippen molar-refractivity contribution in [2.45, 2.75) is 209 Å². The maximum absolute atomic E-state index is 10.8. The number of unbranched alkanes of at least 4 members (excludes halogenated alkanes) is 20. The number of hydrogen-bond donors (Lipinski definition) is 0. The van der Waals surface area contributed by atoms with E-state index in [2.05, 4.69) is 144 Å². The summed E-state index contributed by atoms with van der Waals surface area (Å²) in [4.78, 5) is 2.64. The number of rotatable bonds is 31. The number of nitrogens with zero attached hydrogens (tertiary/aromatic N) is 3. The summed E-state index contributed by atoms with van der Waals surface area (Å²) in [7, 11) is 0. The van der Waals surface area contributed by atoms with Crippen LogP contribution in [0.15, 0.2) is 72.8 Å². The zero-order valence-corrected chi connectivity index (χ0v) is 43.1. The molecular weight excluding hydrogens is 787 g/mol. The van der Waals surface area contributed by atoms with Crippen LogP contribution in [-0.2, 0) is 0 Å². The van der Waals surface area contributed by atoms with Gasteiger partial charge in [0.15, 0.2) is 5.71 Å². The number of allylic oxidation sites excluding steroid dienone is 4. The third kappa shape index (κ3) is 17.9. The molecule has 0 fully saturated rings. The molecule has 0 unspecified atom stereocenters. The molecule has 1 aliphatic carbocycles. The van der Waals surface area contributed by atoms with Gasteiger partial charge in [-0.1, -0.05) is 180 Å². The van der Waals surface area contributed by atoms with Crippen LogP contribution in [0, 0.1) is 39.0 Å². The minimum absolute atomic E-state index is 0.777. The van der Waals surface area contributed by atoms with E-state index in [9.17, 15) is 5.26 Å². The predicted octanol–water partition coefficient (Wildman–Crippen LogP) is 16.3. The molecule has 0 saturated carbocycles. The van der Waals surface area contributed by atoms with Crippen molar-refractivity contribution in [2.75, 3.05) is 31.1 Å². The SMILES string of the molecule is CCCCCCCCN(CCCCCCCC)c1ccc(-c2cc(C)c(C(C#N)=c3c(C)cc(=C4C=CC(=[N+](CCCCCCCC)CCCCCCCC)C=C4)cc3C)c(C)c2)cc1. The van der Waals surface area contributed by atoms with Crippen molar-refractivity contribution < 1.29 is 4.58 Å². The maximum atomic E-state index is 10.8. The summed E-state index contributed by atoms with van der Waals surface area (Å²) in [6.45, 7) is 22.5. The highest BCUT2D eigenvalue weighted by atomic mass is 15.1. The summed E-state index contributed by atoms with van der Waals surface area (Å²) in [6, 6.07) is 21.2. The zero-order valence-electron chi connectivity index (χ0n) is 43.1. The lowest BCUT2D eigenvalue weighted by Gasteiger charge is -2.25. The van der Waals surface area contributed by atoms with E-state index in [4.69, 9.17) is 0 Å². The molecule has 3 aromatic carbocycles. The first kappa shape index (κ1) is 53.5. The van der Waals surface area contributed by atoms with Crippen LogP contribution in [0.4, 0.5) is 5.69 Å². The van der Waals surface area contributed by atoms with Gasteiger partial charge in [-0.3, -0.25) is 0 Å². The van der Waals surface area contributed by atoms with E-state index in [0.29, 0.717) is 0 Å². The fourth-order valence-corrected chi connectivity index (χ4v) is 10.1. The van der Waals surface area contributed by atoms with Crippen LogP contribution in [0.5, 0.6) is 0 Å². The summed E-state index contributed by atoms with van der Waals surface area (Å²) in [5, 5.41) is 13.1. The van der Waals surface area contributed by atoms with Gasteiger partial charge in [0.25, 0.3) is 0 Å². The van der Waals surface area contributed by atoms with Gasteiger partial charge in [-0.15, -0.1) is 0 Å². The largest absolute Gasteiger partial charge is 0.372 e. The van der Waals surface area contributed by atoms with Crippen molar-refractivity contribution in [3.8, 4) is 17.2 Å².